The maximum atomic E-state index is 13.0. The number of pyridine rings is 1. The number of hydrogen-bond donors (Lipinski definition) is 1. The molecule has 0 saturated carbocycles. The number of carbonyl (C=O) groups excluding carboxylic acids is 2. The molecule has 4 rings (SSSR count). The smallest absolute Gasteiger partial charge is 0.321 e. The molecule has 154 valence electrons. The summed E-state index contributed by atoms with van der Waals surface area (Å²) in [7, 11) is 1.55. The van der Waals surface area contributed by atoms with Gasteiger partial charge in [-0.15, -0.1) is 0 Å². The Morgan fingerprint density at radius 3 is 2.43 bits per heavy atom. The van der Waals surface area contributed by atoms with Crippen molar-refractivity contribution in [2.75, 3.05) is 38.6 Å². The number of aromatic nitrogens is 1. The maximum absolute atomic E-state index is 13.0. The first-order chi connectivity index (χ1) is 14.5. The second-order valence-corrected chi connectivity index (χ2v) is 7.32. The third-order valence-corrected chi connectivity index (χ3v) is 5.24. The molecule has 0 atom stereocenters. The van der Waals surface area contributed by atoms with Crippen molar-refractivity contribution in [2.45, 2.75) is 6.92 Å². The van der Waals surface area contributed by atoms with Crippen molar-refractivity contribution < 1.29 is 14.3 Å². The van der Waals surface area contributed by atoms with Crippen LogP contribution in [0.1, 0.15) is 16.1 Å². The van der Waals surface area contributed by atoms with Crippen LogP contribution in [0.4, 0.5) is 10.5 Å². The first-order valence-electron chi connectivity index (χ1n) is 9.91. The van der Waals surface area contributed by atoms with Crippen LogP contribution in [0.3, 0.4) is 0 Å². The number of piperazine rings is 1. The number of ether oxygens (including phenoxy) is 1. The summed E-state index contributed by atoms with van der Waals surface area (Å²) in [4.78, 5) is 33.4. The lowest BCUT2D eigenvalue weighted by Crippen LogP contribution is -2.51. The Labute approximate surface area is 175 Å². The van der Waals surface area contributed by atoms with E-state index in [4.69, 9.17) is 4.74 Å². The number of fused-ring (bicyclic) bond motifs is 1. The lowest BCUT2D eigenvalue weighted by molar-refractivity contribution is 0.0665. The molecule has 3 aromatic rings. The number of urea groups is 1. The third-order valence-electron chi connectivity index (χ3n) is 5.24. The number of benzene rings is 2. The Bertz CT molecular complexity index is 1090. The second kappa shape index (κ2) is 8.41. The van der Waals surface area contributed by atoms with E-state index in [1.807, 2.05) is 55.5 Å². The lowest BCUT2D eigenvalue weighted by atomic mass is 10.1. The van der Waals surface area contributed by atoms with Gasteiger partial charge in [-0.1, -0.05) is 30.3 Å². The SMILES string of the molecule is COc1nc(C(=O)N2CCN(C(=O)Nc3cccc(C)c3)CC2)cc2ccccc12. The van der Waals surface area contributed by atoms with E-state index in [2.05, 4.69) is 10.3 Å². The average molecular weight is 404 g/mol. The molecule has 0 bridgehead atoms. The number of rotatable bonds is 3. The highest BCUT2D eigenvalue weighted by molar-refractivity contribution is 5.98. The predicted octanol–water partition coefficient (Wildman–Crippen LogP) is 3.54. The number of hydrogen-bond acceptors (Lipinski definition) is 4. The van der Waals surface area contributed by atoms with Gasteiger partial charge in [-0.3, -0.25) is 4.79 Å². The second-order valence-electron chi connectivity index (χ2n) is 7.32. The van der Waals surface area contributed by atoms with E-state index in [0.717, 1.165) is 22.0 Å². The zero-order chi connectivity index (χ0) is 21.1. The van der Waals surface area contributed by atoms with Gasteiger partial charge in [-0.25, -0.2) is 9.78 Å². The summed E-state index contributed by atoms with van der Waals surface area (Å²) in [6.07, 6.45) is 0. The molecule has 0 unspecified atom stereocenters. The van der Waals surface area contributed by atoms with Gasteiger partial charge in [0.25, 0.3) is 5.91 Å². The average Bonchev–Trinajstić information content (AvgIpc) is 2.78. The van der Waals surface area contributed by atoms with Crippen molar-refractivity contribution in [3.8, 4) is 5.88 Å². The fourth-order valence-electron chi connectivity index (χ4n) is 3.63. The van der Waals surface area contributed by atoms with E-state index in [1.54, 1.807) is 23.0 Å². The van der Waals surface area contributed by atoms with Crippen LogP contribution in [-0.4, -0.2) is 60.0 Å². The minimum Gasteiger partial charge on any atom is -0.481 e. The summed E-state index contributed by atoms with van der Waals surface area (Å²) in [5.74, 6) is 0.283. The van der Waals surface area contributed by atoms with Crippen molar-refractivity contribution in [3.63, 3.8) is 0 Å². The molecule has 0 aliphatic carbocycles. The van der Waals surface area contributed by atoms with Gasteiger partial charge in [0, 0.05) is 37.3 Å². The fraction of sp³-hybridized carbons (Fsp3) is 0.261. The molecule has 1 N–H and O–H groups in total. The molecule has 7 nitrogen and oxygen atoms in total. The molecule has 7 heteroatoms. The van der Waals surface area contributed by atoms with E-state index in [9.17, 15) is 9.59 Å². The lowest BCUT2D eigenvalue weighted by Gasteiger charge is -2.34. The summed E-state index contributed by atoms with van der Waals surface area (Å²) in [6, 6.07) is 17.0. The van der Waals surface area contributed by atoms with E-state index in [0.29, 0.717) is 37.8 Å². The molecule has 0 radical (unpaired) electrons. The monoisotopic (exact) mass is 404 g/mol. The maximum Gasteiger partial charge on any atom is 0.321 e. The Kier molecular flexibility index (Phi) is 5.52. The highest BCUT2D eigenvalue weighted by atomic mass is 16.5. The zero-order valence-electron chi connectivity index (χ0n) is 17.1. The third kappa shape index (κ3) is 4.05. The van der Waals surface area contributed by atoms with Gasteiger partial charge in [-0.05, 0) is 42.1 Å². The zero-order valence-corrected chi connectivity index (χ0v) is 17.1. The fourth-order valence-corrected chi connectivity index (χ4v) is 3.63. The van der Waals surface area contributed by atoms with Gasteiger partial charge in [0.2, 0.25) is 5.88 Å². The number of nitrogens with zero attached hydrogens (tertiary/aromatic N) is 3. The summed E-state index contributed by atoms with van der Waals surface area (Å²) < 4.78 is 5.38. The first kappa shape index (κ1) is 19.7. The Hall–Kier alpha value is -3.61. The van der Waals surface area contributed by atoms with E-state index in [1.165, 1.54) is 0 Å². The molecule has 1 aliphatic rings. The number of carbonyl (C=O) groups is 2. The summed E-state index contributed by atoms with van der Waals surface area (Å²) >= 11 is 0. The topological polar surface area (TPSA) is 74.8 Å². The number of nitrogens with one attached hydrogen (secondary N) is 1. The van der Waals surface area contributed by atoms with Crippen LogP contribution in [0.15, 0.2) is 54.6 Å². The van der Waals surface area contributed by atoms with Crippen LogP contribution in [-0.2, 0) is 0 Å². The molecule has 1 fully saturated rings. The molecular formula is C23H24N4O3. The molecule has 1 saturated heterocycles. The molecule has 2 heterocycles. The van der Waals surface area contributed by atoms with Crippen LogP contribution in [0.25, 0.3) is 10.8 Å². The number of aryl methyl sites for hydroxylation is 1. The molecule has 3 amide bonds. The van der Waals surface area contributed by atoms with Crippen LogP contribution < -0.4 is 10.1 Å². The standard InChI is InChI=1S/C23H24N4O3/c1-16-6-5-8-18(14-16)24-23(29)27-12-10-26(11-13-27)22(28)20-15-17-7-3-4-9-19(17)21(25-20)30-2/h3-9,14-15H,10-13H2,1-2H3,(H,24,29). The van der Waals surface area contributed by atoms with E-state index >= 15 is 0 Å². The van der Waals surface area contributed by atoms with Crippen molar-refractivity contribution >= 4 is 28.4 Å². The van der Waals surface area contributed by atoms with Gasteiger partial charge in [-0.2, -0.15) is 0 Å². The van der Waals surface area contributed by atoms with Gasteiger partial charge >= 0.3 is 6.03 Å². The highest BCUT2D eigenvalue weighted by Crippen LogP contribution is 2.25. The van der Waals surface area contributed by atoms with Crippen LogP contribution >= 0.6 is 0 Å². The van der Waals surface area contributed by atoms with Crippen molar-refractivity contribution in [1.29, 1.82) is 0 Å². The summed E-state index contributed by atoms with van der Waals surface area (Å²) in [5.41, 5.74) is 2.20. The van der Waals surface area contributed by atoms with Gasteiger partial charge in [0.05, 0.1) is 7.11 Å². The van der Waals surface area contributed by atoms with Gasteiger partial charge in [0.15, 0.2) is 0 Å². The Morgan fingerprint density at radius 1 is 0.967 bits per heavy atom. The summed E-state index contributed by atoms with van der Waals surface area (Å²) in [6.45, 7) is 3.83. The molecule has 2 aromatic carbocycles. The minimum absolute atomic E-state index is 0.154. The quantitative estimate of drug-likeness (QED) is 0.725. The van der Waals surface area contributed by atoms with Crippen molar-refractivity contribution in [3.05, 3.63) is 65.9 Å². The number of anilines is 1. The van der Waals surface area contributed by atoms with Crippen molar-refractivity contribution in [2.24, 2.45) is 0 Å². The molecule has 1 aliphatic heterocycles. The van der Waals surface area contributed by atoms with Crippen LogP contribution in [0, 0.1) is 6.92 Å². The minimum atomic E-state index is -0.155. The first-order valence-corrected chi connectivity index (χ1v) is 9.91. The van der Waals surface area contributed by atoms with E-state index < -0.39 is 0 Å². The van der Waals surface area contributed by atoms with Gasteiger partial charge in [0.1, 0.15) is 5.69 Å². The van der Waals surface area contributed by atoms with Crippen LogP contribution in [0.5, 0.6) is 5.88 Å². The van der Waals surface area contributed by atoms with E-state index in [-0.39, 0.29) is 11.9 Å². The largest absolute Gasteiger partial charge is 0.481 e. The number of amides is 3. The molecule has 0 spiro atoms. The van der Waals surface area contributed by atoms with Crippen molar-refractivity contribution in [1.82, 2.24) is 14.8 Å². The highest BCUT2D eigenvalue weighted by Gasteiger charge is 2.26. The molecule has 1 aromatic heterocycles. The molecule has 30 heavy (non-hydrogen) atoms. The normalized spacial score (nSPS) is 13.9. The summed E-state index contributed by atoms with van der Waals surface area (Å²) in [5, 5.41) is 4.69. The molecular weight excluding hydrogens is 380 g/mol. The Balaban J connectivity index is 1.42. The Morgan fingerprint density at radius 2 is 1.70 bits per heavy atom. The van der Waals surface area contributed by atoms with Crippen LogP contribution in [0.2, 0.25) is 0 Å². The van der Waals surface area contributed by atoms with Gasteiger partial charge < -0.3 is 19.9 Å². The predicted molar refractivity (Wildman–Crippen MR) is 116 cm³/mol. The number of methoxy groups -OCH3 is 1.